The van der Waals surface area contributed by atoms with Crippen molar-refractivity contribution >= 4 is 58.2 Å². The van der Waals surface area contributed by atoms with Gasteiger partial charge in [-0.1, -0.05) is 45.6 Å². The zero-order chi connectivity index (χ0) is 46.2. The van der Waals surface area contributed by atoms with Gasteiger partial charge in [0.05, 0.1) is 55.7 Å². The van der Waals surface area contributed by atoms with Gasteiger partial charge in [0.1, 0.15) is 0 Å². The number of para-hydroxylation sites is 2. The molecule has 1 unspecified atom stereocenters. The van der Waals surface area contributed by atoms with Crippen molar-refractivity contribution in [2.45, 2.75) is 26.2 Å². The largest absolute Gasteiger partial charge is 0.418 e. The lowest BCUT2D eigenvalue weighted by Gasteiger charge is -2.21. The predicted molar refractivity (Wildman–Crippen MR) is 214 cm³/mol. The summed E-state index contributed by atoms with van der Waals surface area (Å²) >= 11 is 0. The minimum absolute atomic E-state index is 0.0461. The van der Waals surface area contributed by atoms with E-state index in [0.717, 1.165) is 19.1 Å². The van der Waals surface area contributed by atoms with Crippen molar-refractivity contribution in [1.29, 1.82) is 0 Å². The van der Waals surface area contributed by atoms with Crippen LogP contribution < -0.4 is 5.30 Å². The first-order valence-electron chi connectivity index (χ1n) is 18.6. The molecule has 2 heterocycles. The van der Waals surface area contributed by atoms with Crippen LogP contribution in [0.4, 0.5) is 65.9 Å². The summed E-state index contributed by atoms with van der Waals surface area (Å²) in [6, 6.07) is 17.2. The molecule has 0 saturated carbocycles. The van der Waals surface area contributed by atoms with Crippen LogP contribution in [-0.2, 0) is 12.4 Å². The van der Waals surface area contributed by atoms with Crippen LogP contribution in [0.1, 0.15) is 22.3 Å². The Morgan fingerprint density at radius 2 is 0.719 bits per heavy atom. The maximum atomic E-state index is 15.3. The molecule has 0 aliphatic heterocycles. The summed E-state index contributed by atoms with van der Waals surface area (Å²) in [5.41, 5.74) is -9.21. The molecular weight excluding hydrogens is 896 g/mol. The Kier molecular flexibility index (Phi) is 9.71. The van der Waals surface area contributed by atoms with Crippen LogP contribution in [0.15, 0.2) is 84.9 Å². The van der Waals surface area contributed by atoms with Gasteiger partial charge in [-0.3, -0.25) is 0 Å². The van der Waals surface area contributed by atoms with Crippen molar-refractivity contribution in [2.24, 2.45) is 0 Å². The topological polar surface area (TPSA) is 9.86 Å². The molecule has 0 spiro atoms. The molecule has 0 radical (unpaired) electrons. The highest BCUT2D eigenvalue weighted by molar-refractivity contribution is 7.27. The Morgan fingerprint density at radius 3 is 1.08 bits per heavy atom. The standard InChI is InChI=1S/C46H22F15N2P/c1-17-11-19(31-33(47)37(51)39(53)38(52)34(31)48)13-25(45(56,57)58)42(17)62-27-9-5-3-7-21(27)23-16-30-24(15-29(23)62)22-8-4-6-10-28(22)63(30)43-18(2)12-20(14-26(43)46(59,60)61)32-35(49)40(54)44(64)41(55)36(32)50/h3-16H,64H2,1-2H3. The maximum absolute atomic E-state index is 15.3. The van der Waals surface area contributed by atoms with E-state index in [4.69, 9.17) is 0 Å². The van der Waals surface area contributed by atoms with Gasteiger partial charge in [-0.25, -0.2) is 39.5 Å². The van der Waals surface area contributed by atoms with Crippen LogP contribution in [0.2, 0.25) is 0 Å². The molecule has 64 heavy (non-hydrogen) atoms. The number of alkyl halides is 6. The third kappa shape index (κ3) is 6.17. The normalized spacial score (nSPS) is 12.5. The molecule has 7 aromatic carbocycles. The summed E-state index contributed by atoms with van der Waals surface area (Å²) < 4.78 is 226. The number of benzene rings is 7. The van der Waals surface area contributed by atoms with E-state index in [9.17, 15) is 30.7 Å². The molecule has 0 fully saturated rings. The highest BCUT2D eigenvalue weighted by atomic mass is 31.0. The maximum Gasteiger partial charge on any atom is 0.418 e. The third-order valence-electron chi connectivity index (χ3n) is 11.2. The van der Waals surface area contributed by atoms with E-state index in [-0.39, 0.29) is 60.8 Å². The average Bonchev–Trinajstić information content (AvgIpc) is 3.73. The molecule has 0 saturated heterocycles. The Morgan fingerprint density at radius 1 is 0.391 bits per heavy atom. The zero-order valence-corrected chi connectivity index (χ0v) is 33.4. The average molecular weight is 919 g/mol. The Bertz CT molecular complexity index is 3220. The van der Waals surface area contributed by atoms with E-state index in [0.29, 0.717) is 6.07 Å². The monoisotopic (exact) mass is 918 g/mol. The molecule has 9 aromatic rings. The molecule has 0 bridgehead atoms. The van der Waals surface area contributed by atoms with Gasteiger partial charge < -0.3 is 9.13 Å². The Balaban J connectivity index is 1.37. The highest BCUT2D eigenvalue weighted by Crippen LogP contribution is 2.47. The number of hydrogen-bond donors (Lipinski definition) is 0. The second-order valence-electron chi connectivity index (χ2n) is 15.0. The molecule has 2 aromatic heterocycles. The first kappa shape index (κ1) is 42.8. The molecule has 0 aliphatic carbocycles. The number of fused-ring (bicyclic) bond motifs is 6. The van der Waals surface area contributed by atoms with Crippen molar-refractivity contribution in [3.63, 3.8) is 0 Å². The number of halogens is 15. The lowest BCUT2D eigenvalue weighted by molar-refractivity contribution is -0.138. The van der Waals surface area contributed by atoms with E-state index in [1.165, 1.54) is 79.9 Å². The highest BCUT2D eigenvalue weighted by Gasteiger charge is 2.39. The fraction of sp³-hybridized carbons (Fsp3) is 0.0870. The SMILES string of the molecule is Cc1cc(-c2c(F)c(F)c(F)c(F)c2F)cc(C(F)(F)F)c1-n1c2ccccc2c2cc3c(cc21)c1ccccc1n3-c1c(C)cc(-c2c(F)c(F)c(P)c(F)c2F)cc1C(F)(F)F. The van der Waals surface area contributed by atoms with Crippen molar-refractivity contribution < 1.29 is 65.9 Å². The van der Waals surface area contributed by atoms with Crippen molar-refractivity contribution in [3.8, 4) is 33.6 Å². The van der Waals surface area contributed by atoms with E-state index in [1.54, 1.807) is 6.07 Å². The van der Waals surface area contributed by atoms with E-state index in [1.807, 2.05) is 0 Å². The molecule has 0 N–H and O–H groups in total. The van der Waals surface area contributed by atoms with Crippen LogP contribution in [0, 0.1) is 66.2 Å². The van der Waals surface area contributed by atoms with Crippen LogP contribution >= 0.6 is 9.24 Å². The second kappa shape index (κ2) is 14.5. The third-order valence-corrected chi connectivity index (χ3v) is 11.7. The van der Waals surface area contributed by atoms with Gasteiger partial charge in [0, 0.05) is 26.8 Å². The molecular formula is C46H22F15N2P. The first-order chi connectivity index (χ1) is 30.0. The summed E-state index contributed by atoms with van der Waals surface area (Å²) in [6.07, 6.45) is -10.6. The fourth-order valence-electron chi connectivity index (χ4n) is 8.55. The molecule has 0 aliphatic rings. The minimum atomic E-state index is -5.32. The molecule has 18 heteroatoms. The summed E-state index contributed by atoms with van der Waals surface area (Å²) in [7, 11) is 1.48. The van der Waals surface area contributed by atoms with Crippen LogP contribution in [0.5, 0.6) is 0 Å². The molecule has 1 atom stereocenters. The van der Waals surface area contributed by atoms with Gasteiger partial charge in [-0.15, -0.1) is 0 Å². The van der Waals surface area contributed by atoms with Crippen LogP contribution in [-0.4, -0.2) is 9.13 Å². The van der Waals surface area contributed by atoms with Gasteiger partial charge in [0.15, 0.2) is 46.5 Å². The Hall–Kier alpha value is -6.48. The number of hydrogen-bond acceptors (Lipinski definition) is 0. The zero-order valence-electron chi connectivity index (χ0n) is 32.2. The van der Waals surface area contributed by atoms with Crippen LogP contribution in [0.25, 0.3) is 77.2 Å². The fourth-order valence-corrected chi connectivity index (χ4v) is 8.80. The first-order valence-corrected chi connectivity index (χ1v) is 19.2. The summed E-state index contributed by atoms with van der Waals surface area (Å²) in [5, 5.41) is -0.195. The van der Waals surface area contributed by atoms with Crippen molar-refractivity contribution in [2.75, 3.05) is 0 Å². The summed E-state index contributed by atoms with van der Waals surface area (Å²) in [6.45, 7) is 2.31. The summed E-state index contributed by atoms with van der Waals surface area (Å²) in [5.74, 6) is -19.5. The lowest BCUT2D eigenvalue weighted by Crippen LogP contribution is -2.15. The lowest BCUT2D eigenvalue weighted by atomic mass is 9.96. The van der Waals surface area contributed by atoms with Gasteiger partial charge >= 0.3 is 12.4 Å². The van der Waals surface area contributed by atoms with E-state index >= 15 is 35.1 Å². The Labute approximate surface area is 351 Å². The number of nitrogens with zero attached hydrogens (tertiary/aromatic N) is 2. The minimum Gasteiger partial charge on any atom is -0.308 e. The van der Waals surface area contributed by atoms with Crippen LogP contribution in [0.3, 0.4) is 0 Å². The van der Waals surface area contributed by atoms with E-state index < -0.39 is 115 Å². The van der Waals surface area contributed by atoms with Crippen molar-refractivity contribution in [3.05, 3.63) is 160 Å². The van der Waals surface area contributed by atoms with Gasteiger partial charge in [0.2, 0.25) is 5.82 Å². The number of rotatable bonds is 4. The van der Waals surface area contributed by atoms with Gasteiger partial charge in [-0.2, -0.15) is 26.3 Å². The summed E-state index contributed by atoms with van der Waals surface area (Å²) in [4.78, 5) is 0. The van der Waals surface area contributed by atoms with Crippen molar-refractivity contribution in [1.82, 2.24) is 9.13 Å². The second-order valence-corrected chi connectivity index (χ2v) is 15.5. The number of aryl methyl sites for hydroxylation is 2. The molecule has 2 nitrogen and oxygen atoms in total. The van der Waals surface area contributed by atoms with Gasteiger partial charge in [-0.05, 0) is 84.6 Å². The molecule has 326 valence electrons. The smallest absolute Gasteiger partial charge is 0.308 e. The molecule has 9 rings (SSSR count). The van der Waals surface area contributed by atoms with E-state index in [2.05, 4.69) is 0 Å². The molecule has 0 amide bonds. The predicted octanol–water partition coefficient (Wildman–Crippen LogP) is 14.6. The number of aromatic nitrogens is 2. The van der Waals surface area contributed by atoms with Gasteiger partial charge in [0.25, 0.3) is 0 Å². The quantitative estimate of drug-likeness (QED) is 0.0720.